The summed E-state index contributed by atoms with van der Waals surface area (Å²) in [4.78, 5) is 11.5. The maximum absolute atomic E-state index is 11.5. The molecule has 0 aliphatic rings. The molecule has 1 aromatic carbocycles. The molecule has 4 heteroatoms. The number of carbonyl (C=O) groups is 1. The lowest BCUT2D eigenvalue weighted by Crippen LogP contribution is -2.18. The van der Waals surface area contributed by atoms with Gasteiger partial charge in [-0.05, 0) is 12.1 Å². The minimum Gasteiger partial charge on any atom is -0.493 e. The maximum Gasteiger partial charge on any atom is 0.227 e. The second-order valence-corrected chi connectivity index (χ2v) is 3.87. The number of halogens is 1. The molecule has 0 aliphatic heterocycles. The van der Waals surface area contributed by atoms with Gasteiger partial charge in [-0.25, -0.2) is 0 Å². The highest BCUT2D eigenvalue weighted by Crippen LogP contribution is 2.32. The minimum atomic E-state index is -0.0753. The van der Waals surface area contributed by atoms with Crippen LogP contribution in [0.3, 0.4) is 0 Å². The van der Waals surface area contributed by atoms with E-state index in [1.54, 1.807) is 18.2 Å². The van der Waals surface area contributed by atoms with E-state index in [-0.39, 0.29) is 11.8 Å². The van der Waals surface area contributed by atoms with Crippen molar-refractivity contribution in [1.29, 1.82) is 0 Å². The van der Waals surface area contributed by atoms with Gasteiger partial charge in [0, 0.05) is 5.92 Å². The maximum atomic E-state index is 11.5. The minimum absolute atomic E-state index is 0.0597. The van der Waals surface area contributed by atoms with E-state index in [9.17, 15) is 4.79 Å². The molecule has 0 fully saturated rings. The second-order valence-electron chi connectivity index (χ2n) is 3.46. The normalized spacial score (nSPS) is 10.2. The number of ether oxygens (including phenoxy) is 1. The summed E-state index contributed by atoms with van der Waals surface area (Å²) < 4.78 is 5.11. The van der Waals surface area contributed by atoms with Crippen LogP contribution in [-0.4, -0.2) is 13.0 Å². The standard InChI is InChI=1S/C11H14ClNO2/c1-7(2)11(14)13-9-6-4-5-8(12)10(9)15-3/h4-7H,1-3H3,(H,13,14). The van der Waals surface area contributed by atoms with E-state index in [1.807, 2.05) is 13.8 Å². The molecule has 0 radical (unpaired) electrons. The average molecular weight is 228 g/mol. The summed E-state index contributed by atoms with van der Waals surface area (Å²) in [5.74, 6) is 0.359. The Morgan fingerprint density at radius 3 is 2.67 bits per heavy atom. The predicted octanol–water partition coefficient (Wildman–Crippen LogP) is 2.94. The molecular weight excluding hydrogens is 214 g/mol. The third-order valence-corrected chi connectivity index (χ3v) is 2.25. The first-order valence-corrected chi connectivity index (χ1v) is 5.07. The topological polar surface area (TPSA) is 38.3 Å². The van der Waals surface area contributed by atoms with E-state index in [0.29, 0.717) is 16.5 Å². The number of anilines is 1. The van der Waals surface area contributed by atoms with Gasteiger partial charge in [-0.1, -0.05) is 31.5 Å². The number of benzene rings is 1. The largest absolute Gasteiger partial charge is 0.493 e. The first kappa shape index (κ1) is 11.9. The Bertz CT molecular complexity index is 364. The van der Waals surface area contributed by atoms with Gasteiger partial charge in [0.15, 0.2) is 5.75 Å². The third kappa shape index (κ3) is 2.86. The molecule has 1 rings (SSSR count). The average Bonchev–Trinajstić information content (AvgIpc) is 2.18. The van der Waals surface area contributed by atoms with Gasteiger partial charge in [0.25, 0.3) is 0 Å². The van der Waals surface area contributed by atoms with Gasteiger partial charge < -0.3 is 10.1 Å². The van der Waals surface area contributed by atoms with E-state index in [4.69, 9.17) is 16.3 Å². The number of amides is 1. The van der Waals surface area contributed by atoms with Gasteiger partial charge in [-0.15, -0.1) is 0 Å². The summed E-state index contributed by atoms with van der Waals surface area (Å²) in [5.41, 5.74) is 0.601. The summed E-state index contributed by atoms with van der Waals surface area (Å²) in [6.07, 6.45) is 0. The van der Waals surface area contributed by atoms with Gasteiger partial charge in [0.1, 0.15) is 0 Å². The Morgan fingerprint density at radius 1 is 1.47 bits per heavy atom. The van der Waals surface area contributed by atoms with E-state index >= 15 is 0 Å². The van der Waals surface area contributed by atoms with Crippen LogP contribution < -0.4 is 10.1 Å². The molecule has 1 amide bonds. The Morgan fingerprint density at radius 2 is 2.13 bits per heavy atom. The molecule has 0 aliphatic carbocycles. The molecule has 0 bridgehead atoms. The van der Waals surface area contributed by atoms with Crippen LogP contribution in [0.2, 0.25) is 5.02 Å². The smallest absolute Gasteiger partial charge is 0.227 e. The fraction of sp³-hybridized carbons (Fsp3) is 0.364. The molecule has 0 heterocycles. The molecule has 0 aromatic heterocycles. The lowest BCUT2D eigenvalue weighted by atomic mass is 10.2. The van der Waals surface area contributed by atoms with Crippen LogP contribution >= 0.6 is 11.6 Å². The zero-order chi connectivity index (χ0) is 11.4. The van der Waals surface area contributed by atoms with Crippen LogP contribution in [-0.2, 0) is 4.79 Å². The van der Waals surface area contributed by atoms with Crippen LogP contribution in [0.25, 0.3) is 0 Å². The molecule has 82 valence electrons. The van der Waals surface area contributed by atoms with Crippen LogP contribution in [0.4, 0.5) is 5.69 Å². The molecule has 0 saturated heterocycles. The zero-order valence-electron chi connectivity index (χ0n) is 9.00. The van der Waals surface area contributed by atoms with Gasteiger partial charge in [-0.3, -0.25) is 4.79 Å². The van der Waals surface area contributed by atoms with E-state index < -0.39 is 0 Å². The van der Waals surface area contributed by atoms with Gasteiger partial charge in [-0.2, -0.15) is 0 Å². The van der Waals surface area contributed by atoms with Gasteiger partial charge in [0.2, 0.25) is 5.91 Å². The van der Waals surface area contributed by atoms with Crippen molar-refractivity contribution in [3.63, 3.8) is 0 Å². The van der Waals surface area contributed by atoms with Gasteiger partial charge >= 0.3 is 0 Å². The number of rotatable bonds is 3. The fourth-order valence-corrected chi connectivity index (χ4v) is 1.34. The summed E-state index contributed by atoms with van der Waals surface area (Å²) in [6.45, 7) is 3.65. The lowest BCUT2D eigenvalue weighted by Gasteiger charge is -2.12. The van der Waals surface area contributed by atoms with Crippen LogP contribution in [0.15, 0.2) is 18.2 Å². The molecule has 0 saturated carbocycles. The van der Waals surface area contributed by atoms with Crippen LogP contribution in [0.1, 0.15) is 13.8 Å². The highest BCUT2D eigenvalue weighted by Gasteiger charge is 2.12. The summed E-state index contributed by atoms with van der Waals surface area (Å²) in [7, 11) is 1.52. The summed E-state index contributed by atoms with van der Waals surface area (Å²) in [6, 6.07) is 5.23. The lowest BCUT2D eigenvalue weighted by molar-refractivity contribution is -0.118. The van der Waals surface area contributed by atoms with Crippen molar-refractivity contribution < 1.29 is 9.53 Å². The molecule has 1 aromatic rings. The van der Waals surface area contributed by atoms with Crippen molar-refractivity contribution >= 4 is 23.2 Å². The number of para-hydroxylation sites is 1. The van der Waals surface area contributed by atoms with Crippen LogP contribution in [0.5, 0.6) is 5.75 Å². The quantitative estimate of drug-likeness (QED) is 0.862. The number of hydrogen-bond donors (Lipinski definition) is 1. The van der Waals surface area contributed by atoms with Crippen molar-refractivity contribution in [1.82, 2.24) is 0 Å². The molecule has 0 atom stereocenters. The first-order valence-electron chi connectivity index (χ1n) is 4.69. The Balaban J connectivity index is 2.94. The van der Waals surface area contributed by atoms with E-state index in [1.165, 1.54) is 7.11 Å². The SMILES string of the molecule is COc1c(Cl)cccc1NC(=O)C(C)C. The number of carbonyl (C=O) groups excluding carboxylic acids is 1. The number of hydrogen-bond acceptors (Lipinski definition) is 2. The van der Waals surface area contributed by atoms with Crippen molar-refractivity contribution in [2.24, 2.45) is 5.92 Å². The van der Waals surface area contributed by atoms with Gasteiger partial charge in [0.05, 0.1) is 17.8 Å². The number of nitrogens with one attached hydrogen (secondary N) is 1. The van der Waals surface area contributed by atoms with Crippen molar-refractivity contribution in [3.05, 3.63) is 23.2 Å². The monoisotopic (exact) mass is 227 g/mol. The molecule has 3 nitrogen and oxygen atoms in total. The molecule has 1 N–H and O–H groups in total. The predicted molar refractivity (Wildman–Crippen MR) is 61.5 cm³/mol. The summed E-state index contributed by atoms with van der Waals surface area (Å²) >= 11 is 5.92. The molecule has 15 heavy (non-hydrogen) atoms. The van der Waals surface area contributed by atoms with E-state index in [2.05, 4.69) is 5.32 Å². The van der Waals surface area contributed by atoms with Crippen molar-refractivity contribution in [2.75, 3.05) is 12.4 Å². The highest BCUT2D eigenvalue weighted by molar-refractivity contribution is 6.32. The third-order valence-electron chi connectivity index (χ3n) is 1.95. The molecular formula is C11H14ClNO2. The highest BCUT2D eigenvalue weighted by atomic mass is 35.5. The Labute approximate surface area is 94.4 Å². The number of methoxy groups -OCH3 is 1. The fourth-order valence-electron chi connectivity index (χ4n) is 1.09. The Kier molecular flexibility index (Phi) is 3.97. The molecule has 0 unspecified atom stereocenters. The second kappa shape index (κ2) is 5.03. The zero-order valence-corrected chi connectivity index (χ0v) is 9.76. The summed E-state index contributed by atoms with van der Waals surface area (Å²) in [5, 5.41) is 3.24. The van der Waals surface area contributed by atoms with Crippen LogP contribution in [0, 0.1) is 5.92 Å². The van der Waals surface area contributed by atoms with Crippen molar-refractivity contribution in [2.45, 2.75) is 13.8 Å². The first-order chi connectivity index (χ1) is 7.06. The van der Waals surface area contributed by atoms with Crippen molar-refractivity contribution in [3.8, 4) is 5.75 Å². The Hall–Kier alpha value is -1.22. The van der Waals surface area contributed by atoms with E-state index in [0.717, 1.165) is 0 Å². The molecule has 0 spiro atoms.